The molecule has 0 saturated carbocycles. The molecule has 0 unspecified atom stereocenters. The molecule has 0 amide bonds. The molecule has 1 aliphatic rings. The number of piperidine rings is 1. The van der Waals surface area contributed by atoms with Crippen molar-refractivity contribution in [3.05, 3.63) is 63.1 Å². The first-order valence-corrected chi connectivity index (χ1v) is 13.7. The van der Waals surface area contributed by atoms with Crippen molar-refractivity contribution in [1.29, 1.82) is 0 Å². The Labute approximate surface area is 213 Å². The first kappa shape index (κ1) is 25.7. The van der Waals surface area contributed by atoms with Crippen molar-refractivity contribution < 1.29 is 27.6 Å². The SMILES string of the molecule is COc1cc(Cc2csc(N3CCC(S(=O)(=O)c4ccc([N+](=O)[O-])cc4)CC3)n2)cc(OC)c1OC. The average molecular weight is 534 g/mol. The van der Waals surface area contributed by atoms with Crippen molar-refractivity contribution in [2.45, 2.75) is 29.4 Å². The quantitative estimate of drug-likeness (QED) is 0.295. The van der Waals surface area contributed by atoms with Gasteiger partial charge in [0, 0.05) is 37.0 Å². The molecule has 0 N–H and O–H groups in total. The van der Waals surface area contributed by atoms with E-state index in [1.807, 2.05) is 17.5 Å². The molecule has 192 valence electrons. The number of aromatic nitrogens is 1. The van der Waals surface area contributed by atoms with Crippen LogP contribution in [0.3, 0.4) is 0 Å². The molecule has 1 fully saturated rings. The second-order valence-electron chi connectivity index (χ2n) is 8.31. The zero-order valence-electron chi connectivity index (χ0n) is 20.2. The van der Waals surface area contributed by atoms with Crippen molar-refractivity contribution in [1.82, 2.24) is 4.98 Å². The molecular weight excluding hydrogens is 506 g/mol. The van der Waals surface area contributed by atoms with Crippen LogP contribution in [0.2, 0.25) is 0 Å². The average Bonchev–Trinajstić information content (AvgIpc) is 3.36. The fourth-order valence-corrected chi connectivity index (χ4v) is 6.89. The summed E-state index contributed by atoms with van der Waals surface area (Å²) in [6.45, 7) is 1.13. The van der Waals surface area contributed by atoms with Gasteiger partial charge >= 0.3 is 0 Å². The Hall–Kier alpha value is -3.38. The third-order valence-corrected chi connectivity index (χ3v) is 9.41. The number of nitrogens with zero attached hydrogens (tertiary/aromatic N) is 3. The van der Waals surface area contributed by atoms with E-state index < -0.39 is 20.0 Å². The van der Waals surface area contributed by atoms with E-state index in [-0.39, 0.29) is 10.6 Å². The predicted molar refractivity (Wildman–Crippen MR) is 137 cm³/mol. The van der Waals surface area contributed by atoms with Gasteiger partial charge in [-0.1, -0.05) is 0 Å². The number of hydrogen-bond donors (Lipinski definition) is 0. The van der Waals surface area contributed by atoms with Crippen LogP contribution in [0.15, 0.2) is 46.7 Å². The van der Waals surface area contributed by atoms with Gasteiger partial charge in [0.25, 0.3) is 5.69 Å². The van der Waals surface area contributed by atoms with Crippen LogP contribution in [-0.4, -0.2) is 58.0 Å². The Morgan fingerprint density at radius 3 is 2.19 bits per heavy atom. The summed E-state index contributed by atoms with van der Waals surface area (Å²) in [6, 6.07) is 8.89. The minimum Gasteiger partial charge on any atom is -0.493 e. The molecule has 36 heavy (non-hydrogen) atoms. The molecule has 1 saturated heterocycles. The van der Waals surface area contributed by atoms with Crippen LogP contribution >= 0.6 is 11.3 Å². The molecule has 12 heteroatoms. The Morgan fingerprint density at radius 2 is 1.67 bits per heavy atom. The Bertz CT molecular complexity index is 1310. The number of rotatable bonds is 9. The molecule has 3 aromatic rings. The van der Waals surface area contributed by atoms with Gasteiger partial charge in [-0.3, -0.25) is 10.1 Å². The van der Waals surface area contributed by atoms with E-state index >= 15 is 0 Å². The number of nitro benzene ring substituents is 1. The summed E-state index contributed by atoms with van der Waals surface area (Å²) in [4.78, 5) is 17.3. The maximum Gasteiger partial charge on any atom is 0.269 e. The molecule has 2 aromatic carbocycles. The molecule has 1 aliphatic heterocycles. The third kappa shape index (κ3) is 5.24. The fourth-order valence-electron chi connectivity index (χ4n) is 4.28. The number of hydrogen-bond acceptors (Lipinski definition) is 10. The maximum absolute atomic E-state index is 13.0. The third-order valence-electron chi connectivity index (χ3n) is 6.18. The lowest BCUT2D eigenvalue weighted by Crippen LogP contribution is -2.39. The number of non-ortho nitro benzene ring substituents is 1. The van der Waals surface area contributed by atoms with Crippen LogP contribution in [0.25, 0.3) is 0 Å². The van der Waals surface area contributed by atoms with Crippen LogP contribution in [0.1, 0.15) is 24.1 Å². The summed E-state index contributed by atoms with van der Waals surface area (Å²) in [5, 5.41) is 13.2. The highest BCUT2D eigenvalue weighted by Crippen LogP contribution is 2.39. The van der Waals surface area contributed by atoms with Crippen LogP contribution in [0.4, 0.5) is 10.8 Å². The number of ether oxygens (including phenoxy) is 3. The lowest BCUT2D eigenvalue weighted by molar-refractivity contribution is -0.384. The lowest BCUT2D eigenvalue weighted by Gasteiger charge is -2.31. The molecule has 2 heterocycles. The smallest absolute Gasteiger partial charge is 0.269 e. The van der Waals surface area contributed by atoms with Crippen molar-refractivity contribution in [2.24, 2.45) is 0 Å². The summed E-state index contributed by atoms with van der Waals surface area (Å²) >= 11 is 1.53. The molecular formula is C24H27N3O7S2. The molecule has 0 bridgehead atoms. The summed E-state index contributed by atoms with van der Waals surface area (Å²) in [5.74, 6) is 1.70. The minimum atomic E-state index is -3.56. The topological polar surface area (TPSA) is 121 Å². The summed E-state index contributed by atoms with van der Waals surface area (Å²) in [5.41, 5.74) is 1.73. The second kappa shape index (κ2) is 10.7. The number of nitro groups is 1. The number of thiazole rings is 1. The van der Waals surface area contributed by atoms with Gasteiger partial charge in [-0.2, -0.15) is 0 Å². The van der Waals surface area contributed by atoms with Gasteiger partial charge in [-0.15, -0.1) is 11.3 Å². The Morgan fingerprint density at radius 1 is 1.06 bits per heavy atom. The molecule has 0 atom stereocenters. The second-order valence-corrected chi connectivity index (χ2v) is 11.4. The predicted octanol–water partition coefficient (Wildman–Crippen LogP) is 4.11. The highest BCUT2D eigenvalue weighted by atomic mass is 32.2. The summed E-state index contributed by atoms with van der Waals surface area (Å²) < 4.78 is 42.3. The van der Waals surface area contributed by atoms with Crippen LogP contribution in [-0.2, 0) is 16.3 Å². The molecule has 10 nitrogen and oxygen atoms in total. The standard InChI is InChI=1S/C24H27N3O7S2/c1-32-21-13-16(14-22(33-2)23(21)34-3)12-17-15-35-24(25-17)26-10-8-20(9-11-26)36(30,31)19-6-4-18(5-7-19)27(28)29/h4-7,13-15,20H,8-12H2,1-3H3. The first-order valence-electron chi connectivity index (χ1n) is 11.2. The summed E-state index contributed by atoms with van der Waals surface area (Å²) in [6.07, 6.45) is 1.50. The van der Waals surface area contributed by atoms with Crippen LogP contribution in [0, 0.1) is 10.1 Å². The van der Waals surface area contributed by atoms with E-state index in [0.29, 0.717) is 49.6 Å². The van der Waals surface area contributed by atoms with Gasteiger partial charge in [0.2, 0.25) is 5.75 Å². The van der Waals surface area contributed by atoms with Crippen LogP contribution < -0.4 is 19.1 Å². The number of methoxy groups -OCH3 is 3. The van der Waals surface area contributed by atoms with E-state index in [1.54, 1.807) is 21.3 Å². The number of anilines is 1. The number of sulfone groups is 1. The normalized spacial score (nSPS) is 14.5. The van der Waals surface area contributed by atoms with Gasteiger partial charge in [-0.05, 0) is 42.7 Å². The highest BCUT2D eigenvalue weighted by molar-refractivity contribution is 7.92. The zero-order chi connectivity index (χ0) is 25.9. The molecule has 0 aliphatic carbocycles. The van der Waals surface area contributed by atoms with E-state index in [9.17, 15) is 18.5 Å². The molecule has 0 spiro atoms. The van der Waals surface area contributed by atoms with Gasteiger partial charge in [0.1, 0.15) is 0 Å². The fraction of sp³-hybridized carbons (Fsp3) is 0.375. The van der Waals surface area contributed by atoms with Gasteiger partial charge in [0.05, 0.1) is 42.1 Å². The van der Waals surface area contributed by atoms with Crippen molar-refractivity contribution >= 4 is 32.0 Å². The zero-order valence-corrected chi connectivity index (χ0v) is 21.8. The van der Waals surface area contributed by atoms with E-state index in [2.05, 4.69) is 4.90 Å². The molecule has 1 aromatic heterocycles. The highest BCUT2D eigenvalue weighted by Gasteiger charge is 2.32. The van der Waals surface area contributed by atoms with Crippen molar-refractivity contribution in [3.8, 4) is 17.2 Å². The maximum atomic E-state index is 13.0. The first-order chi connectivity index (χ1) is 17.3. The lowest BCUT2D eigenvalue weighted by atomic mass is 10.1. The summed E-state index contributed by atoms with van der Waals surface area (Å²) in [7, 11) is 1.15. The van der Waals surface area contributed by atoms with Gasteiger partial charge in [-0.25, -0.2) is 13.4 Å². The van der Waals surface area contributed by atoms with Gasteiger partial charge in [0.15, 0.2) is 26.5 Å². The van der Waals surface area contributed by atoms with Crippen molar-refractivity contribution in [3.63, 3.8) is 0 Å². The Kier molecular flexibility index (Phi) is 7.65. The molecule has 4 rings (SSSR count). The van der Waals surface area contributed by atoms with Crippen LogP contribution in [0.5, 0.6) is 17.2 Å². The Balaban J connectivity index is 1.41. The van der Waals surface area contributed by atoms with E-state index in [1.165, 1.54) is 35.6 Å². The minimum absolute atomic E-state index is 0.119. The van der Waals surface area contributed by atoms with E-state index in [4.69, 9.17) is 19.2 Å². The van der Waals surface area contributed by atoms with Gasteiger partial charge < -0.3 is 19.1 Å². The monoisotopic (exact) mass is 533 g/mol. The number of benzene rings is 2. The largest absolute Gasteiger partial charge is 0.493 e. The van der Waals surface area contributed by atoms with Crippen molar-refractivity contribution in [2.75, 3.05) is 39.3 Å². The molecule has 0 radical (unpaired) electrons. The van der Waals surface area contributed by atoms with E-state index in [0.717, 1.165) is 16.4 Å².